The normalized spacial score (nSPS) is 12.1. The molecule has 0 bridgehead atoms. The Morgan fingerprint density at radius 3 is 2.78 bits per heavy atom. The van der Waals surface area contributed by atoms with Crippen molar-refractivity contribution in [2.24, 2.45) is 5.92 Å². The third-order valence-corrected chi connectivity index (χ3v) is 2.75. The van der Waals surface area contributed by atoms with Crippen LogP contribution in [0.15, 0.2) is 27.6 Å². The number of aliphatic hydroxyl groups is 1. The van der Waals surface area contributed by atoms with Crippen LogP contribution in [-0.4, -0.2) is 24.2 Å². The molecule has 18 heavy (non-hydrogen) atoms. The van der Waals surface area contributed by atoms with Crippen molar-refractivity contribution in [2.75, 3.05) is 13.2 Å². The van der Waals surface area contributed by atoms with Crippen LogP contribution in [0.4, 0.5) is 0 Å². The van der Waals surface area contributed by atoms with E-state index in [1.807, 2.05) is 0 Å². The molecule has 1 heterocycles. The molecule has 1 rings (SSSR count). The van der Waals surface area contributed by atoms with E-state index >= 15 is 0 Å². The Morgan fingerprint density at radius 2 is 2.22 bits per heavy atom. The molecule has 0 fully saturated rings. The van der Waals surface area contributed by atoms with Gasteiger partial charge in [-0.3, -0.25) is 4.79 Å². The fourth-order valence-corrected chi connectivity index (χ4v) is 1.77. The molecule has 1 aromatic rings. The molecule has 5 heteroatoms. The van der Waals surface area contributed by atoms with Crippen molar-refractivity contribution in [3.05, 3.63) is 34.4 Å². The van der Waals surface area contributed by atoms with E-state index in [0.29, 0.717) is 18.5 Å². The Hall–Kier alpha value is -1.62. The molecule has 1 amide bonds. The van der Waals surface area contributed by atoms with Crippen LogP contribution in [0.2, 0.25) is 0 Å². The minimum absolute atomic E-state index is 0.126. The van der Waals surface area contributed by atoms with E-state index in [1.165, 1.54) is 12.1 Å². The van der Waals surface area contributed by atoms with Gasteiger partial charge in [-0.2, -0.15) is 0 Å². The van der Waals surface area contributed by atoms with Gasteiger partial charge in [-0.15, -0.1) is 0 Å². The monoisotopic (exact) mass is 253 g/mol. The molecule has 5 nitrogen and oxygen atoms in total. The van der Waals surface area contributed by atoms with Gasteiger partial charge in [0.25, 0.3) is 5.91 Å². The summed E-state index contributed by atoms with van der Waals surface area (Å²) in [6, 6.07) is 2.65. The molecule has 0 spiro atoms. The molecule has 100 valence electrons. The van der Waals surface area contributed by atoms with Crippen molar-refractivity contribution in [3.8, 4) is 0 Å². The fourth-order valence-electron chi connectivity index (χ4n) is 1.77. The number of hydrogen-bond donors (Lipinski definition) is 2. The van der Waals surface area contributed by atoms with Gasteiger partial charge in [0.15, 0.2) is 0 Å². The van der Waals surface area contributed by atoms with Gasteiger partial charge in [-0.25, -0.2) is 4.79 Å². The van der Waals surface area contributed by atoms with Crippen molar-refractivity contribution in [3.63, 3.8) is 0 Å². The van der Waals surface area contributed by atoms with Gasteiger partial charge < -0.3 is 14.8 Å². The first-order chi connectivity index (χ1) is 8.67. The zero-order valence-corrected chi connectivity index (χ0v) is 10.5. The van der Waals surface area contributed by atoms with Gasteiger partial charge in [0.05, 0.1) is 5.56 Å². The Bertz CT molecular complexity index is 401. The summed E-state index contributed by atoms with van der Waals surface area (Å²) in [5.41, 5.74) is -0.149. The van der Waals surface area contributed by atoms with Gasteiger partial charge in [0.2, 0.25) is 0 Å². The first-order valence-corrected chi connectivity index (χ1v) is 6.15. The Labute approximate surface area is 106 Å². The Balaban J connectivity index is 2.48. The Kier molecular flexibility index (Phi) is 6.14. The lowest BCUT2D eigenvalue weighted by Gasteiger charge is -2.15. The average molecular weight is 253 g/mol. The molecule has 0 aromatic carbocycles. The van der Waals surface area contributed by atoms with Gasteiger partial charge in [-0.1, -0.05) is 13.3 Å². The standard InChI is InChI=1S/C13H19NO4/c1-2-3-10(6-7-15)8-14-13(17)11-4-5-12(16)18-9-11/h4-5,9-10,15H,2-3,6-8H2,1H3,(H,14,17). The molecule has 0 aliphatic heterocycles. The molecule has 0 saturated heterocycles. The molecule has 1 aromatic heterocycles. The number of carbonyl (C=O) groups excluding carboxylic acids is 1. The van der Waals surface area contributed by atoms with Crippen molar-refractivity contribution >= 4 is 5.91 Å². The molecule has 1 unspecified atom stereocenters. The van der Waals surface area contributed by atoms with Crippen LogP contribution in [0, 0.1) is 5.92 Å². The minimum atomic E-state index is -0.476. The van der Waals surface area contributed by atoms with Gasteiger partial charge in [0, 0.05) is 19.2 Å². The van der Waals surface area contributed by atoms with E-state index in [9.17, 15) is 9.59 Å². The van der Waals surface area contributed by atoms with Crippen LogP contribution >= 0.6 is 0 Å². The van der Waals surface area contributed by atoms with Gasteiger partial charge in [0.1, 0.15) is 6.26 Å². The number of hydrogen-bond acceptors (Lipinski definition) is 4. The van der Waals surface area contributed by atoms with Crippen LogP contribution in [0.25, 0.3) is 0 Å². The maximum atomic E-state index is 11.7. The maximum absolute atomic E-state index is 11.7. The number of nitrogens with one attached hydrogen (secondary N) is 1. The second-order valence-electron chi connectivity index (χ2n) is 4.22. The maximum Gasteiger partial charge on any atom is 0.335 e. The predicted octanol–water partition coefficient (Wildman–Crippen LogP) is 1.17. The summed E-state index contributed by atoms with van der Waals surface area (Å²) in [4.78, 5) is 22.5. The smallest absolute Gasteiger partial charge is 0.335 e. The molecule has 0 saturated carbocycles. The lowest BCUT2D eigenvalue weighted by atomic mass is 10.0. The second-order valence-corrected chi connectivity index (χ2v) is 4.22. The number of rotatable bonds is 7. The molecule has 0 aliphatic rings. The van der Waals surface area contributed by atoms with E-state index in [1.54, 1.807) is 0 Å². The van der Waals surface area contributed by atoms with Crippen molar-refractivity contribution in [1.29, 1.82) is 0 Å². The molecule has 0 radical (unpaired) electrons. The summed E-state index contributed by atoms with van der Waals surface area (Å²) in [5.74, 6) is 0.0115. The second kappa shape index (κ2) is 7.66. The fraction of sp³-hybridized carbons (Fsp3) is 0.538. The van der Waals surface area contributed by atoms with Crippen molar-refractivity contribution in [2.45, 2.75) is 26.2 Å². The summed E-state index contributed by atoms with van der Waals surface area (Å²) in [5, 5.41) is 11.7. The van der Waals surface area contributed by atoms with Crippen LogP contribution in [-0.2, 0) is 0 Å². The zero-order chi connectivity index (χ0) is 13.4. The van der Waals surface area contributed by atoms with Gasteiger partial charge in [-0.05, 0) is 24.8 Å². The number of aliphatic hydroxyl groups excluding tert-OH is 1. The molecule has 2 N–H and O–H groups in total. The van der Waals surface area contributed by atoms with E-state index in [4.69, 9.17) is 5.11 Å². The van der Waals surface area contributed by atoms with E-state index in [0.717, 1.165) is 19.1 Å². The van der Waals surface area contributed by atoms with Crippen LogP contribution in [0.1, 0.15) is 36.5 Å². The molecule has 1 atom stereocenters. The van der Waals surface area contributed by atoms with Gasteiger partial charge >= 0.3 is 5.63 Å². The number of carbonyl (C=O) groups is 1. The highest BCUT2D eigenvalue weighted by Crippen LogP contribution is 2.09. The largest absolute Gasteiger partial charge is 0.430 e. The first kappa shape index (κ1) is 14.4. The lowest BCUT2D eigenvalue weighted by molar-refractivity contribution is 0.0940. The zero-order valence-electron chi connectivity index (χ0n) is 10.5. The van der Waals surface area contributed by atoms with Crippen LogP contribution in [0.3, 0.4) is 0 Å². The summed E-state index contributed by atoms with van der Waals surface area (Å²) in [7, 11) is 0. The summed E-state index contributed by atoms with van der Waals surface area (Å²) in [6.45, 7) is 2.71. The molecular formula is C13H19NO4. The average Bonchev–Trinajstić information content (AvgIpc) is 2.37. The highest BCUT2D eigenvalue weighted by atomic mass is 16.4. The summed E-state index contributed by atoms with van der Waals surface area (Å²) in [6.07, 6.45) is 3.81. The Morgan fingerprint density at radius 1 is 1.44 bits per heavy atom. The van der Waals surface area contributed by atoms with E-state index in [2.05, 4.69) is 16.7 Å². The van der Waals surface area contributed by atoms with Crippen LogP contribution in [0.5, 0.6) is 0 Å². The summed E-state index contributed by atoms with van der Waals surface area (Å²) >= 11 is 0. The SMILES string of the molecule is CCCC(CCO)CNC(=O)c1ccc(=O)oc1. The first-order valence-electron chi connectivity index (χ1n) is 6.15. The predicted molar refractivity (Wildman–Crippen MR) is 67.4 cm³/mol. The van der Waals surface area contributed by atoms with E-state index in [-0.39, 0.29) is 18.4 Å². The van der Waals surface area contributed by atoms with Crippen LogP contribution < -0.4 is 10.9 Å². The highest BCUT2D eigenvalue weighted by molar-refractivity contribution is 5.93. The molecular weight excluding hydrogens is 234 g/mol. The molecule has 0 aliphatic carbocycles. The lowest BCUT2D eigenvalue weighted by Crippen LogP contribution is -2.30. The minimum Gasteiger partial charge on any atom is -0.430 e. The van der Waals surface area contributed by atoms with Crippen molar-refractivity contribution < 1.29 is 14.3 Å². The van der Waals surface area contributed by atoms with E-state index < -0.39 is 5.63 Å². The quantitative estimate of drug-likeness (QED) is 0.764. The third kappa shape index (κ3) is 4.71. The topological polar surface area (TPSA) is 79.5 Å². The number of amides is 1. The third-order valence-electron chi connectivity index (χ3n) is 2.75. The summed E-state index contributed by atoms with van der Waals surface area (Å²) < 4.78 is 4.62. The van der Waals surface area contributed by atoms with Crippen molar-refractivity contribution in [1.82, 2.24) is 5.32 Å². The highest BCUT2D eigenvalue weighted by Gasteiger charge is 2.11.